The molecule has 0 spiro atoms. The highest BCUT2D eigenvalue weighted by atomic mass is 19.1. The Morgan fingerprint density at radius 1 is 1.38 bits per heavy atom. The summed E-state index contributed by atoms with van der Waals surface area (Å²) in [5, 5.41) is 9.12. The maximum atomic E-state index is 13.4. The molecule has 0 aliphatic rings. The van der Waals surface area contributed by atoms with Crippen LogP contribution in [-0.2, 0) is 6.42 Å². The summed E-state index contributed by atoms with van der Waals surface area (Å²) in [5.41, 5.74) is -0.780. The number of fused-ring (bicyclic) bond motifs is 1. The van der Waals surface area contributed by atoms with Gasteiger partial charge < -0.3 is 9.52 Å². The molecule has 84 valence electrons. The fourth-order valence-electron chi connectivity index (χ4n) is 1.47. The molecule has 0 unspecified atom stereocenters. The van der Waals surface area contributed by atoms with E-state index in [0.29, 0.717) is 12.0 Å². The average Bonchev–Trinajstić information content (AvgIpc) is 2.27. The summed E-state index contributed by atoms with van der Waals surface area (Å²) in [5.74, 6) is -3.48. The zero-order chi connectivity index (χ0) is 11.9. The van der Waals surface area contributed by atoms with Crippen molar-refractivity contribution in [3.63, 3.8) is 0 Å². The summed E-state index contributed by atoms with van der Waals surface area (Å²) < 4.78 is 31.1. The molecule has 0 fully saturated rings. The minimum absolute atomic E-state index is 0.115. The summed E-state index contributed by atoms with van der Waals surface area (Å²) in [6.45, 7) is 1.73. The molecule has 0 saturated heterocycles. The maximum Gasteiger partial charge on any atom is 0.339 e. The Morgan fingerprint density at radius 2 is 2.06 bits per heavy atom. The Kier molecular flexibility index (Phi) is 2.38. The second-order valence-electron chi connectivity index (χ2n) is 3.35. The largest absolute Gasteiger partial charge is 0.503 e. The Morgan fingerprint density at radius 3 is 2.69 bits per heavy atom. The van der Waals surface area contributed by atoms with Gasteiger partial charge in [-0.3, -0.25) is 0 Å². The number of halogens is 2. The molecule has 0 amide bonds. The predicted molar refractivity (Wildman–Crippen MR) is 53.4 cm³/mol. The zero-order valence-corrected chi connectivity index (χ0v) is 8.38. The fraction of sp³-hybridized carbons (Fsp3) is 0.182. The van der Waals surface area contributed by atoms with Crippen LogP contribution in [-0.4, -0.2) is 5.11 Å². The van der Waals surface area contributed by atoms with E-state index < -0.39 is 28.6 Å². The topological polar surface area (TPSA) is 50.4 Å². The van der Waals surface area contributed by atoms with Crippen molar-refractivity contribution >= 4 is 11.0 Å². The third-order valence-electron chi connectivity index (χ3n) is 2.35. The van der Waals surface area contributed by atoms with Crippen LogP contribution in [0, 0.1) is 11.6 Å². The van der Waals surface area contributed by atoms with Crippen LogP contribution in [0.5, 0.6) is 5.75 Å². The van der Waals surface area contributed by atoms with Crippen molar-refractivity contribution in [2.75, 3.05) is 0 Å². The molecule has 1 heterocycles. The van der Waals surface area contributed by atoms with Gasteiger partial charge in [0, 0.05) is 10.9 Å². The average molecular weight is 226 g/mol. The number of phenols is 1. The molecule has 5 heteroatoms. The van der Waals surface area contributed by atoms with Gasteiger partial charge in [0.2, 0.25) is 5.82 Å². The molecule has 0 aliphatic carbocycles. The molecular weight excluding hydrogens is 218 g/mol. The molecule has 0 radical (unpaired) electrons. The number of hydrogen-bond acceptors (Lipinski definition) is 3. The van der Waals surface area contributed by atoms with E-state index in [2.05, 4.69) is 0 Å². The number of hydrogen-bond donors (Lipinski definition) is 1. The molecule has 0 bridgehead atoms. The first-order valence-electron chi connectivity index (χ1n) is 4.68. The van der Waals surface area contributed by atoms with E-state index in [4.69, 9.17) is 9.52 Å². The van der Waals surface area contributed by atoms with E-state index in [0.717, 1.165) is 6.07 Å². The minimum atomic E-state index is -1.25. The molecule has 3 nitrogen and oxygen atoms in total. The molecule has 1 N–H and O–H groups in total. The molecule has 0 atom stereocenters. The molecule has 0 aliphatic heterocycles. The van der Waals surface area contributed by atoms with E-state index in [1.54, 1.807) is 6.92 Å². The van der Waals surface area contributed by atoms with Gasteiger partial charge in [-0.1, -0.05) is 6.92 Å². The van der Waals surface area contributed by atoms with Gasteiger partial charge in [0.05, 0.1) is 0 Å². The lowest BCUT2D eigenvalue weighted by Gasteiger charge is -2.03. The van der Waals surface area contributed by atoms with Crippen molar-refractivity contribution in [1.82, 2.24) is 0 Å². The summed E-state index contributed by atoms with van der Waals surface area (Å²) in [7, 11) is 0. The van der Waals surface area contributed by atoms with Gasteiger partial charge in [-0.05, 0) is 18.6 Å². The van der Waals surface area contributed by atoms with Crippen molar-refractivity contribution in [3.05, 3.63) is 39.8 Å². The van der Waals surface area contributed by atoms with Crippen molar-refractivity contribution in [2.24, 2.45) is 0 Å². The number of rotatable bonds is 1. The van der Waals surface area contributed by atoms with Gasteiger partial charge in [0.1, 0.15) is 0 Å². The molecule has 1 aromatic heterocycles. The van der Waals surface area contributed by atoms with E-state index in [1.165, 1.54) is 6.07 Å². The van der Waals surface area contributed by atoms with Crippen LogP contribution in [0.25, 0.3) is 11.0 Å². The molecule has 2 aromatic rings. The van der Waals surface area contributed by atoms with Crippen LogP contribution in [0.1, 0.15) is 12.5 Å². The smallest absolute Gasteiger partial charge is 0.339 e. The fourth-order valence-corrected chi connectivity index (χ4v) is 1.47. The van der Waals surface area contributed by atoms with Crippen molar-refractivity contribution in [2.45, 2.75) is 13.3 Å². The van der Waals surface area contributed by atoms with Gasteiger partial charge in [0.25, 0.3) is 0 Å². The number of benzene rings is 1. The van der Waals surface area contributed by atoms with Crippen molar-refractivity contribution in [3.8, 4) is 5.75 Å². The number of aromatic hydroxyl groups is 1. The molecular formula is C11H8F2O3. The Balaban J connectivity index is 2.92. The quantitative estimate of drug-likeness (QED) is 0.759. The second kappa shape index (κ2) is 3.59. The van der Waals surface area contributed by atoms with Gasteiger partial charge in [-0.15, -0.1) is 0 Å². The highest BCUT2D eigenvalue weighted by Crippen LogP contribution is 2.28. The van der Waals surface area contributed by atoms with Gasteiger partial charge in [-0.25, -0.2) is 9.18 Å². The van der Waals surface area contributed by atoms with Crippen LogP contribution in [0.15, 0.2) is 21.3 Å². The maximum absolute atomic E-state index is 13.4. The molecule has 2 rings (SSSR count). The van der Waals surface area contributed by atoms with Crippen LogP contribution in [0.2, 0.25) is 0 Å². The second-order valence-corrected chi connectivity index (χ2v) is 3.35. The highest BCUT2D eigenvalue weighted by molar-refractivity contribution is 5.79. The van der Waals surface area contributed by atoms with Crippen LogP contribution in [0.3, 0.4) is 0 Å². The summed E-state index contributed by atoms with van der Waals surface area (Å²) in [4.78, 5) is 11.3. The van der Waals surface area contributed by atoms with Gasteiger partial charge in [0.15, 0.2) is 17.1 Å². The Labute approximate surface area is 88.9 Å². The SMILES string of the molecule is CCc1cc2cc(F)c(O)c(F)c2oc1=O. The van der Waals surface area contributed by atoms with Crippen molar-refractivity contribution < 1.29 is 18.3 Å². The first-order valence-corrected chi connectivity index (χ1v) is 4.68. The van der Waals surface area contributed by atoms with Gasteiger partial charge in [-0.2, -0.15) is 4.39 Å². The van der Waals surface area contributed by atoms with Crippen LogP contribution in [0.4, 0.5) is 8.78 Å². The first kappa shape index (κ1) is 10.6. The Hall–Kier alpha value is -1.91. The molecule has 0 saturated carbocycles. The zero-order valence-electron chi connectivity index (χ0n) is 8.38. The van der Waals surface area contributed by atoms with E-state index in [9.17, 15) is 13.6 Å². The summed E-state index contributed by atoms with van der Waals surface area (Å²) >= 11 is 0. The normalized spacial score (nSPS) is 10.9. The highest BCUT2D eigenvalue weighted by Gasteiger charge is 2.16. The Bertz CT molecular complexity index is 617. The third kappa shape index (κ3) is 1.44. The predicted octanol–water partition coefficient (Wildman–Crippen LogP) is 2.34. The standard InChI is InChI=1S/C11H8F2O3/c1-2-5-3-6-4-7(12)9(14)8(13)10(6)16-11(5)15/h3-4,14H,2H2,1H3. The lowest BCUT2D eigenvalue weighted by Crippen LogP contribution is -2.06. The van der Waals surface area contributed by atoms with Crippen LogP contribution < -0.4 is 5.63 Å². The molecule has 1 aromatic carbocycles. The summed E-state index contributed by atoms with van der Waals surface area (Å²) in [6, 6.07) is 2.28. The van der Waals surface area contributed by atoms with E-state index >= 15 is 0 Å². The lowest BCUT2D eigenvalue weighted by molar-refractivity contribution is 0.392. The van der Waals surface area contributed by atoms with Crippen LogP contribution >= 0.6 is 0 Å². The monoisotopic (exact) mass is 226 g/mol. The number of phenolic OH excluding ortho intramolecular Hbond substituents is 1. The first-order chi connectivity index (χ1) is 7.54. The van der Waals surface area contributed by atoms with Gasteiger partial charge >= 0.3 is 5.63 Å². The lowest BCUT2D eigenvalue weighted by atomic mass is 10.1. The minimum Gasteiger partial charge on any atom is -0.503 e. The summed E-state index contributed by atoms with van der Waals surface area (Å²) in [6.07, 6.45) is 0.405. The van der Waals surface area contributed by atoms with Crippen molar-refractivity contribution in [1.29, 1.82) is 0 Å². The molecule has 16 heavy (non-hydrogen) atoms. The van der Waals surface area contributed by atoms with E-state index in [1.807, 2.05) is 0 Å². The number of aryl methyl sites for hydroxylation is 1. The third-order valence-corrected chi connectivity index (χ3v) is 2.35. The van der Waals surface area contributed by atoms with E-state index in [-0.39, 0.29) is 5.39 Å².